The van der Waals surface area contributed by atoms with Gasteiger partial charge in [0.25, 0.3) is 0 Å². The summed E-state index contributed by atoms with van der Waals surface area (Å²) in [5, 5.41) is 12.0. The summed E-state index contributed by atoms with van der Waals surface area (Å²) in [4.78, 5) is 38.2. The van der Waals surface area contributed by atoms with Crippen LogP contribution < -0.4 is 10.1 Å². The second kappa shape index (κ2) is 8.14. The smallest absolute Gasteiger partial charge is 0.320 e. The summed E-state index contributed by atoms with van der Waals surface area (Å²) in [5.74, 6) is -1.68. The van der Waals surface area contributed by atoms with Crippen LogP contribution in [0.4, 0.5) is 0 Å². The van der Waals surface area contributed by atoms with Gasteiger partial charge < -0.3 is 15.2 Å². The number of aliphatic carboxylic acids is 1. The van der Waals surface area contributed by atoms with Gasteiger partial charge in [-0.3, -0.25) is 14.4 Å². The van der Waals surface area contributed by atoms with Crippen molar-refractivity contribution in [2.45, 2.75) is 24.8 Å². The van der Waals surface area contributed by atoms with Gasteiger partial charge >= 0.3 is 5.97 Å². The van der Waals surface area contributed by atoms with E-state index in [2.05, 4.69) is 5.32 Å². The highest BCUT2D eigenvalue weighted by Gasteiger charge is 2.55. The lowest BCUT2D eigenvalue weighted by Crippen LogP contribution is -2.43. The number of carbonyl (C=O) groups excluding carboxylic acids is 2. The molecule has 0 amide bonds. The molecule has 8 heteroatoms. The molecule has 2 aromatic carbocycles. The number of ether oxygens (including phenoxy) is 1. The zero-order valence-corrected chi connectivity index (χ0v) is 17.3. The van der Waals surface area contributed by atoms with E-state index in [-0.39, 0.29) is 39.9 Å². The number of rotatable bonds is 7. The molecule has 152 valence electrons. The lowest BCUT2D eigenvalue weighted by atomic mass is 9.73. The standard InChI is InChI=1S/C21H19Cl2NO5/c1-11(20(27)28)24-9-8-21(12-6-4-3-5-7-12)18(25)13-10-14(29-2)16(22)17(23)15(13)19(21)26/h3-7,10-11,24H,8-9H2,1-2H3,(H,27,28)/t11-,21?/m0/s1. The third-order valence-corrected chi connectivity index (χ3v) is 6.08. The molecule has 0 radical (unpaired) electrons. The van der Waals surface area contributed by atoms with Crippen LogP contribution in [-0.4, -0.2) is 42.3 Å². The fraction of sp³-hybridized carbons (Fsp3) is 0.286. The summed E-state index contributed by atoms with van der Waals surface area (Å²) in [6.07, 6.45) is 0.0667. The molecule has 1 aliphatic rings. The second-order valence-corrected chi connectivity index (χ2v) is 7.58. The highest BCUT2D eigenvalue weighted by molar-refractivity contribution is 6.48. The van der Waals surface area contributed by atoms with E-state index in [0.29, 0.717) is 5.56 Å². The molecule has 1 unspecified atom stereocenters. The van der Waals surface area contributed by atoms with Crippen molar-refractivity contribution in [2.75, 3.05) is 13.7 Å². The van der Waals surface area contributed by atoms with Crippen LogP contribution >= 0.6 is 23.2 Å². The molecule has 0 fully saturated rings. The van der Waals surface area contributed by atoms with Crippen molar-refractivity contribution in [1.29, 1.82) is 0 Å². The van der Waals surface area contributed by atoms with Crippen molar-refractivity contribution < 1.29 is 24.2 Å². The van der Waals surface area contributed by atoms with Gasteiger partial charge in [-0.2, -0.15) is 0 Å². The summed E-state index contributed by atoms with van der Waals surface area (Å²) >= 11 is 12.6. The number of Topliss-reactive ketones (excluding diaryl/α,β-unsaturated/α-hetero) is 2. The molecule has 29 heavy (non-hydrogen) atoms. The van der Waals surface area contributed by atoms with E-state index in [0.717, 1.165) is 0 Å². The molecule has 0 spiro atoms. The van der Waals surface area contributed by atoms with Crippen LogP contribution in [-0.2, 0) is 10.2 Å². The largest absolute Gasteiger partial charge is 0.495 e. The van der Waals surface area contributed by atoms with Crippen molar-refractivity contribution in [3.05, 3.63) is 63.1 Å². The first-order valence-corrected chi connectivity index (χ1v) is 9.68. The molecule has 3 rings (SSSR count). The lowest BCUT2D eigenvalue weighted by Gasteiger charge is -2.27. The number of methoxy groups -OCH3 is 1. The molecule has 2 N–H and O–H groups in total. The van der Waals surface area contributed by atoms with Crippen LogP contribution in [0.1, 0.15) is 39.6 Å². The summed E-state index contributed by atoms with van der Waals surface area (Å²) in [6.45, 7) is 1.63. The maximum Gasteiger partial charge on any atom is 0.320 e. The number of ketones is 2. The number of carboxylic acids is 1. The number of carboxylic acid groups (broad SMARTS) is 1. The average molecular weight is 436 g/mol. The summed E-state index contributed by atoms with van der Waals surface area (Å²) in [6, 6.07) is 9.28. The molecule has 6 nitrogen and oxygen atoms in total. The van der Waals surface area contributed by atoms with Crippen LogP contribution in [0.25, 0.3) is 0 Å². The molecule has 2 aromatic rings. The zero-order valence-electron chi connectivity index (χ0n) is 15.8. The van der Waals surface area contributed by atoms with E-state index < -0.39 is 29.0 Å². The Labute approximate surface area is 177 Å². The van der Waals surface area contributed by atoms with Gasteiger partial charge in [-0.1, -0.05) is 53.5 Å². The van der Waals surface area contributed by atoms with E-state index in [1.54, 1.807) is 30.3 Å². The van der Waals surface area contributed by atoms with Crippen molar-refractivity contribution in [3.63, 3.8) is 0 Å². The van der Waals surface area contributed by atoms with Gasteiger partial charge in [0.05, 0.1) is 17.7 Å². The summed E-state index contributed by atoms with van der Waals surface area (Å²) < 4.78 is 5.19. The predicted octanol–water partition coefficient (Wildman–Crippen LogP) is 3.77. The molecule has 1 aliphatic carbocycles. The minimum Gasteiger partial charge on any atom is -0.495 e. The maximum atomic E-state index is 13.6. The molecule has 0 bridgehead atoms. The van der Waals surface area contributed by atoms with Crippen molar-refractivity contribution >= 4 is 40.7 Å². The first-order chi connectivity index (χ1) is 13.8. The Balaban J connectivity index is 2.12. The number of hydrogen-bond acceptors (Lipinski definition) is 5. The van der Waals surface area contributed by atoms with E-state index in [1.165, 1.54) is 20.1 Å². The Kier molecular flexibility index (Phi) is 5.98. The van der Waals surface area contributed by atoms with Crippen LogP contribution in [0, 0.1) is 0 Å². The van der Waals surface area contributed by atoms with Crippen molar-refractivity contribution in [3.8, 4) is 5.75 Å². The van der Waals surface area contributed by atoms with Gasteiger partial charge in [0.1, 0.15) is 22.2 Å². The number of hydrogen-bond donors (Lipinski definition) is 2. The molecular formula is C21H19Cl2NO5. The van der Waals surface area contributed by atoms with Crippen LogP contribution in [0.5, 0.6) is 5.75 Å². The highest BCUT2D eigenvalue weighted by Crippen LogP contribution is 2.48. The van der Waals surface area contributed by atoms with E-state index in [9.17, 15) is 14.4 Å². The number of carbonyl (C=O) groups is 3. The topological polar surface area (TPSA) is 92.7 Å². The SMILES string of the molecule is COc1cc2c(c(Cl)c1Cl)C(=O)C(CCN[C@@H](C)C(=O)O)(c1ccccc1)C2=O. The van der Waals surface area contributed by atoms with Gasteiger partial charge in [0, 0.05) is 5.56 Å². The third-order valence-electron chi connectivity index (χ3n) is 5.23. The maximum absolute atomic E-state index is 13.6. The van der Waals surface area contributed by atoms with Crippen LogP contribution in [0.2, 0.25) is 10.0 Å². The minimum absolute atomic E-state index is 0.0240. The van der Waals surface area contributed by atoms with Gasteiger partial charge in [-0.05, 0) is 31.5 Å². The number of nitrogens with one attached hydrogen (secondary N) is 1. The lowest BCUT2D eigenvalue weighted by molar-refractivity contribution is -0.139. The Morgan fingerprint density at radius 1 is 1.17 bits per heavy atom. The number of halogens is 2. The van der Waals surface area contributed by atoms with E-state index in [4.69, 9.17) is 33.0 Å². The fourth-order valence-electron chi connectivity index (χ4n) is 3.62. The van der Waals surface area contributed by atoms with Crippen LogP contribution in [0.15, 0.2) is 36.4 Å². The predicted molar refractivity (Wildman–Crippen MR) is 110 cm³/mol. The Hall–Kier alpha value is -2.41. The number of benzene rings is 2. The van der Waals surface area contributed by atoms with Gasteiger partial charge in [0.15, 0.2) is 11.6 Å². The second-order valence-electron chi connectivity index (χ2n) is 6.82. The van der Waals surface area contributed by atoms with E-state index >= 15 is 0 Å². The molecule has 0 heterocycles. The third kappa shape index (κ3) is 3.41. The monoisotopic (exact) mass is 435 g/mol. The molecule has 0 aromatic heterocycles. The molecule has 0 saturated heterocycles. The molecule has 2 atom stereocenters. The first-order valence-electron chi connectivity index (χ1n) is 8.93. The molecular weight excluding hydrogens is 417 g/mol. The zero-order chi connectivity index (χ0) is 21.3. The van der Waals surface area contributed by atoms with Crippen molar-refractivity contribution in [2.24, 2.45) is 0 Å². The summed E-state index contributed by atoms with van der Waals surface area (Å²) in [7, 11) is 1.40. The normalized spacial score (nSPS) is 19.2. The van der Waals surface area contributed by atoms with Gasteiger partial charge in [0.2, 0.25) is 0 Å². The van der Waals surface area contributed by atoms with Crippen LogP contribution in [0.3, 0.4) is 0 Å². The fourth-order valence-corrected chi connectivity index (χ4v) is 4.13. The number of fused-ring (bicyclic) bond motifs is 1. The first kappa shape index (κ1) is 21.3. The molecule has 0 aliphatic heterocycles. The van der Waals surface area contributed by atoms with Gasteiger partial charge in [-0.15, -0.1) is 0 Å². The minimum atomic E-state index is -1.52. The highest BCUT2D eigenvalue weighted by atomic mass is 35.5. The average Bonchev–Trinajstić information content (AvgIpc) is 2.93. The van der Waals surface area contributed by atoms with Gasteiger partial charge in [-0.25, -0.2) is 0 Å². The Morgan fingerprint density at radius 2 is 1.83 bits per heavy atom. The Morgan fingerprint density at radius 3 is 2.41 bits per heavy atom. The summed E-state index contributed by atoms with van der Waals surface area (Å²) in [5.41, 5.74) is -0.787. The molecule has 0 saturated carbocycles. The quantitative estimate of drug-likeness (QED) is 0.642. The van der Waals surface area contributed by atoms with E-state index in [1.807, 2.05) is 0 Å². The van der Waals surface area contributed by atoms with Crippen molar-refractivity contribution in [1.82, 2.24) is 5.32 Å². The Bertz CT molecular complexity index is 992.